The molecule has 0 radical (unpaired) electrons. The molecule has 0 bridgehead atoms. The van der Waals surface area contributed by atoms with E-state index in [1.165, 1.54) is 11.3 Å². The minimum absolute atomic E-state index is 0.0441. The summed E-state index contributed by atoms with van der Waals surface area (Å²) >= 11 is 0. The van der Waals surface area contributed by atoms with Crippen molar-refractivity contribution in [3.05, 3.63) is 30.1 Å². The van der Waals surface area contributed by atoms with Gasteiger partial charge in [0.15, 0.2) is 0 Å². The van der Waals surface area contributed by atoms with Gasteiger partial charge >= 0.3 is 0 Å². The minimum Gasteiger partial charge on any atom is -0.330 e. The summed E-state index contributed by atoms with van der Waals surface area (Å²) in [6.07, 6.45) is 2.14. The molecule has 0 saturated heterocycles. The molecule has 1 unspecified atom stereocenters. The van der Waals surface area contributed by atoms with E-state index in [4.69, 9.17) is 10.7 Å². The van der Waals surface area contributed by atoms with Crippen molar-refractivity contribution in [2.45, 2.75) is 52.0 Å². The van der Waals surface area contributed by atoms with Crippen molar-refractivity contribution >= 4 is 11.0 Å². The van der Waals surface area contributed by atoms with Crippen molar-refractivity contribution < 1.29 is 0 Å². The molecule has 0 amide bonds. The van der Waals surface area contributed by atoms with Crippen LogP contribution in [0.2, 0.25) is 0 Å². The Balaban J connectivity index is 2.53. The van der Waals surface area contributed by atoms with Crippen LogP contribution >= 0.6 is 0 Å². The lowest BCUT2D eigenvalue weighted by atomic mass is 10.0. The van der Waals surface area contributed by atoms with Gasteiger partial charge in [-0.3, -0.25) is 0 Å². The summed E-state index contributed by atoms with van der Waals surface area (Å²) in [5.74, 6) is 1.62. The first kappa shape index (κ1) is 14.1. The summed E-state index contributed by atoms with van der Waals surface area (Å²) in [6.45, 7) is 9.71. The van der Waals surface area contributed by atoms with Crippen LogP contribution in [0.3, 0.4) is 0 Å². The Labute approximate surface area is 115 Å². The van der Waals surface area contributed by atoms with Crippen LogP contribution < -0.4 is 5.73 Å². The van der Waals surface area contributed by atoms with Gasteiger partial charge < -0.3 is 10.3 Å². The Morgan fingerprint density at radius 2 is 1.95 bits per heavy atom. The fourth-order valence-corrected chi connectivity index (χ4v) is 2.63. The van der Waals surface area contributed by atoms with Crippen molar-refractivity contribution in [1.82, 2.24) is 9.55 Å². The van der Waals surface area contributed by atoms with E-state index in [2.05, 4.69) is 56.5 Å². The maximum absolute atomic E-state index is 5.63. The molecule has 1 aromatic carbocycles. The molecule has 2 rings (SSSR count). The Morgan fingerprint density at radius 3 is 2.58 bits per heavy atom. The predicted octanol–water partition coefficient (Wildman–Crippen LogP) is 3.63. The average molecular weight is 259 g/mol. The first-order chi connectivity index (χ1) is 8.95. The molecule has 1 atom stereocenters. The number of nitrogens with two attached hydrogens (primary N) is 1. The third kappa shape index (κ3) is 2.81. The van der Waals surface area contributed by atoms with Crippen LogP contribution in [0.5, 0.6) is 0 Å². The maximum atomic E-state index is 5.63. The Bertz CT molecular complexity index is 549. The Hall–Kier alpha value is -1.35. The smallest absolute Gasteiger partial charge is 0.113 e. The van der Waals surface area contributed by atoms with Gasteiger partial charge in [0.25, 0.3) is 0 Å². The maximum Gasteiger partial charge on any atom is 0.113 e. The van der Waals surface area contributed by atoms with Crippen LogP contribution in [-0.2, 0) is 5.54 Å². The number of fused-ring (bicyclic) bond motifs is 1. The second kappa shape index (κ2) is 5.33. The first-order valence-electron chi connectivity index (χ1n) is 7.13. The molecule has 1 heterocycles. The van der Waals surface area contributed by atoms with Gasteiger partial charge in [0.2, 0.25) is 0 Å². The van der Waals surface area contributed by atoms with Gasteiger partial charge in [0.05, 0.1) is 11.0 Å². The van der Waals surface area contributed by atoms with Gasteiger partial charge in [0.1, 0.15) is 5.82 Å². The molecule has 2 aromatic rings. The van der Waals surface area contributed by atoms with E-state index in [0.29, 0.717) is 5.92 Å². The molecule has 0 fully saturated rings. The number of aromatic nitrogens is 2. The third-order valence-corrected chi connectivity index (χ3v) is 3.54. The molecule has 2 N–H and O–H groups in total. The number of benzene rings is 1. The third-order valence-electron chi connectivity index (χ3n) is 3.54. The summed E-state index contributed by atoms with van der Waals surface area (Å²) in [5, 5.41) is 0. The van der Waals surface area contributed by atoms with Crippen LogP contribution in [0, 0.1) is 0 Å². The normalized spacial score (nSPS) is 13.9. The van der Waals surface area contributed by atoms with E-state index in [1.54, 1.807) is 0 Å². The summed E-state index contributed by atoms with van der Waals surface area (Å²) in [6, 6.07) is 8.39. The van der Waals surface area contributed by atoms with Crippen molar-refractivity contribution in [3.63, 3.8) is 0 Å². The largest absolute Gasteiger partial charge is 0.330 e. The number of rotatable bonds is 4. The molecule has 0 aliphatic rings. The van der Waals surface area contributed by atoms with E-state index < -0.39 is 0 Å². The highest BCUT2D eigenvalue weighted by Crippen LogP contribution is 2.30. The quantitative estimate of drug-likeness (QED) is 0.911. The van der Waals surface area contributed by atoms with E-state index >= 15 is 0 Å². The summed E-state index contributed by atoms with van der Waals surface area (Å²) in [5.41, 5.74) is 7.99. The summed E-state index contributed by atoms with van der Waals surface area (Å²) in [7, 11) is 0. The highest BCUT2D eigenvalue weighted by Gasteiger charge is 2.23. The molecule has 0 saturated carbocycles. The van der Waals surface area contributed by atoms with Crippen molar-refractivity contribution in [3.8, 4) is 0 Å². The van der Waals surface area contributed by atoms with Gasteiger partial charge in [-0.05, 0) is 52.3 Å². The highest BCUT2D eigenvalue weighted by atomic mass is 15.1. The van der Waals surface area contributed by atoms with E-state index in [1.807, 2.05) is 0 Å². The summed E-state index contributed by atoms with van der Waals surface area (Å²) in [4.78, 5) is 4.85. The molecule has 19 heavy (non-hydrogen) atoms. The first-order valence-corrected chi connectivity index (χ1v) is 7.13. The van der Waals surface area contributed by atoms with Crippen molar-refractivity contribution in [1.29, 1.82) is 0 Å². The van der Waals surface area contributed by atoms with E-state index in [-0.39, 0.29) is 5.54 Å². The van der Waals surface area contributed by atoms with Crippen molar-refractivity contribution in [2.75, 3.05) is 6.54 Å². The Kier molecular flexibility index (Phi) is 3.95. The number of hydrogen-bond donors (Lipinski definition) is 1. The van der Waals surface area contributed by atoms with Crippen LogP contribution in [-0.4, -0.2) is 16.1 Å². The van der Waals surface area contributed by atoms with Gasteiger partial charge in [-0.1, -0.05) is 19.1 Å². The number of nitrogens with zero attached hydrogens (tertiary/aromatic N) is 2. The van der Waals surface area contributed by atoms with E-state index in [0.717, 1.165) is 24.9 Å². The van der Waals surface area contributed by atoms with Crippen LogP contribution in [0.1, 0.15) is 52.3 Å². The average Bonchev–Trinajstić information content (AvgIpc) is 2.74. The van der Waals surface area contributed by atoms with Gasteiger partial charge in [0, 0.05) is 11.5 Å². The molecule has 0 aliphatic carbocycles. The molecule has 3 nitrogen and oxygen atoms in total. The van der Waals surface area contributed by atoms with Gasteiger partial charge in [-0.25, -0.2) is 4.98 Å². The second-order valence-electron chi connectivity index (χ2n) is 6.30. The molecular weight excluding hydrogens is 234 g/mol. The standard InChI is InChI=1S/C16H25N3/c1-12(8-7-11-17)15-18-13-9-5-6-10-14(13)19(15)16(2,3)4/h5-6,9-10,12H,7-8,11,17H2,1-4H3. The zero-order valence-corrected chi connectivity index (χ0v) is 12.5. The molecule has 104 valence electrons. The Morgan fingerprint density at radius 1 is 1.26 bits per heavy atom. The number of hydrogen-bond acceptors (Lipinski definition) is 2. The predicted molar refractivity (Wildman–Crippen MR) is 81.4 cm³/mol. The number of para-hydroxylation sites is 2. The molecular formula is C16H25N3. The highest BCUT2D eigenvalue weighted by molar-refractivity contribution is 5.76. The van der Waals surface area contributed by atoms with Gasteiger partial charge in [-0.2, -0.15) is 0 Å². The lowest BCUT2D eigenvalue weighted by Gasteiger charge is -2.26. The zero-order chi connectivity index (χ0) is 14.0. The fourth-order valence-electron chi connectivity index (χ4n) is 2.63. The van der Waals surface area contributed by atoms with Gasteiger partial charge in [-0.15, -0.1) is 0 Å². The van der Waals surface area contributed by atoms with Crippen molar-refractivity contribution in [2.24, 2.45) is 5.73 Å². The number of imidazole rings is 1. The SMILES string of the molecule is CC(CCCN)c1nc2ccccc2n1C(C)(C)C. The zero-order valence-electron chi connectivity index (χ0n) is 12.5. The lowest BCUT2D eigenvalue weighted by Crippen LogP contribution is -2.25. The topological polar surface area (TPSA) is 43.8 Å². The minimum atomic E-state index is 0.0441. The molecule has 0 spiro atoms. The second-order valence-corrected chi connectivity index (χ2v) is 6.30. The monoisotopic (exact) mass is 259 g/mol. The molecule has 0 aliphatic heterocycles. The summed E-state index contributed by atoms with van der Waals surface area (Å²) < 4.78 is 2.38. The van der Waals surface area contributed by atoms with Crippen LogP contribution in [0.25, 0.3) is 11.0 Å². The molecule has 1 aromatic heterocycles. The van der Waals surface area contributed by atoms with Crippen LogP contribution in [0.4, 0.5) is 0 Å². The van der Waals surface area contributed by atoms with E-state index in [9.17, 15) is 0 Å². The fraction of sp³-hybridized carbons (Fsp3) is 0.562. The lowest BCUT2D eigenvalue weighted by molar-refractivity contribution is 0.381. The van der Waals surface area contributed by atoms with Crippen LogP contribution in [0.15, 0.2) is 24.3 Å². The molecule has 3 heteroatoms.